The van der Waals surface area contributed by atoms with E-state index >= 15 is 0 Å². The minimum absolute atomic E-state index is 0.0154. The molecular formula is C13H23N3O4. The summed E-state index contributed by atoms with van der Waals surface area (Å²) in [7, 11) is 0. The number of carbonyl (C=O) groups is 3. The van der Waals surface area contributed by atoms with Crippen molar-refractivity contribution in [2.75, 3.05) is 19.6 Å². The third-order valence-electron chi connectivity index (χ3n) is 3.46. The average molecular weight is 285 g/mol. The fraction of sp³-hybridized carbons (Fsp3) is 0.769. The lowest BCUT2D eigenvalue weighted by Crippen LogP contribution is -2.60. The van der Waals surface area contributed by atoms with Crippen molar-refractivity contribution in [3.8, 4) is 0 Å². The molecule has 20 heavy (non-hydrogen) atoms. The van der Waals surface area contributed by atoms with Gasteiger partial charge in [0.05, 0.1) is 12.1 Å². The van der Waals surface area contributed by atoms with Gasteiger partial charge in [-0.1, -0.05) is 13.8 Å². The van der Waals surface area contributed by atoms with Gasteiger partial charge in [-0.25, -0.2) is 4.79 Å². The van der Waals surface area contributed by atoms with Crippen molar-refractivity contribution in [2.45, 2.75) is 39.8 Å². The lowest BCUT2D eigenvalue weighted by molar-refractivity contribution is -0.153. The number of urea groups is 1. The molecule has 7 nitrogen and oxygen atoms in total. The molecule has 0 saturated carbocycles. The number of likely N-dealkylation sites (N-methyl/N-ethyl adjacent to an activating group) is 1. The predicted molar refractivity (Wildman–Crippen MR) is 72.8 cm³/mol. The van der Waals surface area contributed by atoms with Crippen molar-refractivity contribution >= 4 is 17.8 Å². The Hall–Kier alpha value is -1.63. The Morgan fingerprint density at radius 3 is 2.30 bits per heavy atom. The van der Waals surface area contributed by atoms with Gasteiger partial charge in [-0.3, -0.25) is 14.5 Å². The zero-order chi connectivity index (χ0) is 15.4. The largest absolute Gasteiger partial charge is 0.391 e. The van der Waals surface area contributed by atoms with E-state index in [0.717, 1.165) is 4.90 Å². The Kier molecular flexibility index (Phi) is 5.50. The Morgan fingerprint density at radius 1 is 1.25 bits per heavy atom. The normalized spacial score (nSPS) is 19.3. The number of aliphatic hydroxyl groups excluding tert-OH is 1. The van der Waals surface area contributed by atoms with E-state index in [1.165, 1.54) is 4.90 Å². The molecular weight excluding hydrogens is 262 g/mol. The molecule has 1 fully saturated rings. The molecule has 7 heteroatoms. The number of amides is 4. The van der Waals surface area contributed by atoms with E-state index in [1.54, 1.807) is 13.8 Å². The molecule has 1 rings (SSSR count). The lowest BCUT2D eigenvalue weighted by atomic mass is 10.00. The van der Waals surface area contributed by atoms with Crippen LogP contribution < -0.4 is 5.32 Å². The van der Waals surface area contributed by atoms with Crippen LogP contribution in [0.3, 0.4) is 0 Å². The quantitative estimate of drug-likeness (QED) is 0.700. The number of nitrogens with one attached hydrogen (secondary N) is 1. The van der Waals surface area contributed by atoms with Gasteiger partial charge in [0.25, 0.3) is 0 Å². The standard InChI is InChI=1S/C13H23N3O4/c1-5-15-6-7-16(12(19)11(15)18)13(20)14-10(8(2)3)9(4)17/h8-10,17H,5-7H2,1-4H3,(H,14,20). The first kappa shape index (κ1) is 16.4. The summed E-state index contributed by atoms with van der Waals surface area (Å²) < 4.78 is 0. The fourth-order valence-corrected chi connectivity index (χ4v) is 2.23. The molecule has 2 unspecified atom stereocenters. The first-order valence-corrected chi connectivity index (χ1v) is 6.88. The van der Waals surface area contributed by atoms with Gasteiger partial charge in [-0.15, -0.1) is 0 Å². The van der Waals surface area contributed by atoms with Gasteiger partial charge in [-0.2, -0.15) is 0 Å². The van der Waals surface area contributed by atoms with Crippen molar-refractivity contribution in [1.29, 1.82) is 0 Å². The molecule has 0 radical (unpaired) electrons. The topological polar surface area (TPSA) is 89.9 Å². The van der Waals surface area contributed by atoms with Gasteiger partial charge in [0.15, 0.2) is 0 Å². The third-order valence-corrected chi connectivity index (χ3v) is 3.46. The van der Waals surface area contributed by atoms with Gasteiger partial charge in [-0.05, 0) is 19.8 Å². The van der Waals surface area contributed by atoms with Crippen LogP contribution in [-0.4, -0.2) is 64.5 Å². The summed E-state index contributed by atoms with van der Waals surface area (Å²) in [6, 6.07) is -1.09. The van der Waals surface area contributed by atoms with Crippen LogP contribution in [0.25, 0.3) is 0 Å². The first-order chi connectivity index (χ1) is 9.29. The molecule has 0 aromatic rings. The molecule has 114 valence electrons. The molecule has 1 heterocycles. The highest BCUT2D eigenvalue weighted by atomic mass is 16.3. The molecule has 0 bridgehead atoms. The molecule has 0 aromatic carbocycles. The molecule has 4 amide bonds. The molecule has 1 aliphatic rings. The summed E-state index contributed by atoms with van der Waals surface area (Å²) in [6.45, 7) is 8.04. The molecule has 1 saturated heterocycles. The maximum atomic E-state index is 12.1. The Morgan fingerprint density at radius 2 is 1.85 bits per heavy atom. The molecule has 2 atom stereocenters. The van der Waals surface area contributed by atoms with Crippen molar-refractivity contribution in [2.24, 2.45) is 5.92 Å². The summed E-state index contributed by atoms with van der Waals surface area (Å²) in [6.07, 6.45) is -0.735. The van der Waals surface area contributed by atoms with E-state index in [4.69, 9.17) is 0 Å². The summed E-state index contributed by atoms with van der Waals surface area (Å²) in [5.41, 5.74) is 0. The van der Waals surface area contributed by atoms with E-state index in [-0.39, 0.29) is 12.5 Å². The van der Waals surface area contributed by atoms with Gasteiger partial charge in [0.2, 0.25) is 0 Å². The zero-order valence-corrected chi connectivity index (χ0v) is 12.4. The van der Waals surface area contributed by atoms with E-state index in [9.17, 15) is 19.5 Å². The number of hydrogen-bond acceptors (Lipinski definition) is 4. The van der Waals surface area contributed by atoms with E-state index in [1.807, 2.05) is 13.8 Å². The van der Waals surface area contributed by atoms with Gasteiger partial charge in [0.1, 0.15) is 0 Å². The smallest absolute Gasteiger partial charge is 0.324 e. The maximum absolute atomic E-state index is 12.1. The van der Waals surface area contributed by atoms with Crippen molar-refractivity contribution < 1.29 is 19.5 Å². The minimum Gasteiger partial charge on any atom is -0.391 e. The van der Waals surface area contributed by atoms with E-state index < -0.39 is 30.0 Å². The second-order valence-electron chi connectivity index (χ2n) is 5.30. The summed E-state index contributed by atoms with van der Waals surface area (Å²) >= 11 is 0. The monoisotopic (exact) mass is 285 g/mol. The van der Waals surface area contributed by atoms with E-state index in [2.05, 4.69) is 5.32 Å². The number of imide groups is 1. The predicted octanol–water partition coefficient (Wildman–Crippen LogP) is -0.208. The van der Waals surface area contributed by atoms with E-state index in [0.29, 0.717) is 13.1 Å². The summed E-state index contributed by atoms with van der Waals surface area (Å²) in [5.74, 6) is -1.46. The third kappa shape index (κ3) is 3.47. The Labute approximate surface area is 118 Å². The fourth-order valence-electron chi connectivity index (χ4n) is 2.23. The van der Waals surface area contributed by atoms with Crippen molar-refractivity contribution in [1.82, 2.24) is 15.1 Å². The second kappa shape index (κ2) is 6.69. The van der Waals surface area contributed by atoms with Crippen molar-refractivity contribution in [3.63, 3.8) is 0 Å². The maximum Gasteiger partial charge on any atom is 0.324 e. The summed E-state index contributed by atoms with van der Waals surface area (Å²) in [4.78, 5) is 38.0. The second-order valence-corrected chi connectivity index (χ2v) is 5.30. The molecule has 0 aliphatic carbocycles. The average Bonchev–Trinajstić information content (AvgIpc) is 2.38. The van der Waals surface area contributed by atoms with Gasteiger partial charge >= 0.3 is 17.8 Å². The van der Waals surface area contributed by atoms with Crippen LogP contribution in [-0.2, 0) is 9.59 Å². The SMILES string of the molecule is CCN1CCN(C(=O)NC(C(C)C)C(C)O)C(=O)C1=O. The number of piperazine rings is 1. The molecule has 1 aliphatic heterocycles. The Bertz CT molecular complexity index is 387. The van der Waals surface area contributed by atoms with Crippen LogP contribution in [0.4, 0.5) is 4.79 Å². The highest BCUT2D eigenvalue weighted by molar-refractivity contribution is 6.38. The van der Waals surface area contributed by atoms with Crippen LogP contribution >= 0.6 is 0 Å². The zero-order valence-electron chi connectivity index (χ0n) is 12.4. The highest BCUT2D eigenvalue weighted by Gasteiger charge is 2.36. The first-order valence-electron chi connectivity index (χ1n) is 6.88. The number of rotatable bonds is 4. The van der Waals surface area contributed by atoms with Crippen LogP contribution in [0.1, 0.15) is 27.7 Å². The van der Waals surface area contributed by atoms with Crippen molar-refractivity contribution in [3.05, 3.63) is 0 Å². The van der Waals surface area contributed by atoms with Crippen LogP contribution in [0.5, 0.6) is 0 Å². The highest BCUT2D eigenvalue weighted by Crippen LogP contribution is 2.10. The number of carbonyl (C=O) groups excluding carboxylic acids is 3. The Balaban J connectivity index is 2.73. The minimum atomic E-state index is -0.816. The summed E-state index contributed by atoms with van der Waals surface area (Å²) in [5, 5.41) is 12.2. The molecule has 0 spiro atoms. The molecule has 0 aromatic heterocycles. The number of hydrogen-bond donors (Lipinski definition) is 2. The van der Waals surface area contributed by atoms with Crippen LogP contribution in [0.15, 0.2) is 0 Å². The molecule has 2 N–H and O–H groups in total. The van der Waals surface area contributed by atoms with Crippen LogP contribution in [0, 0.1) is 5.92 Å². The van der Waals surface area contributed by atoms with Gasteiger partial charge in [0, 0.05) is 19.6 Å². The van der Waals surface area contributed by atoms with Gasteiger partial charge < -0.3 is 15.3 Å². The van der Waals surface area contributed by atoms with Crippen LogP contribution in [0.2, 0.25) is 0 Å². The number of nitrogens with zero attached hydrogens (tertiary/aromatic N) is 2. The lowest BCUT2D eigenvalue weighted by Gasteiger charge is -2.34. The number of aliphatic hydroxyl groups is 1.